The molecule has 1 aliphatic rings. The summed E-state index contributed by atoms with van der Waals surface area (Å²) in [6.45, 7) is 4.06. The fraction of sp³-hybridized carbons (Fsp3) is 0.500. The molecule has 24 heavy (non-hydrogen) atoms. The number of nitrogens with zero attached hydrogens (tertiary/aromatic N) is 5. The van der Waals surface area contributed by atoms with E-state index in [1.807, 2.05) is 36.1 Å². The number of hydrogen-bond acceptors (Lipinski definition) is 6. The lowest BCUT2D eigenvalue weighted by Crippen LogP contribution is -2.43. The van der Waals surface area contributed by atoms with Gasteiger partial charge in [0.2, 0.25) is 5.91 Å². The van der Waals surface area contributed by atoms with Gasteiger partial charge in [-0.2, -0.15) is 0 Å². The first-order valence-corrected chi connectivity index (χ1v) is 8.13. The highest BCUT2D eigenvalue weighted by molar-refractivity contribution is 5.75. The number of likely N-dealkylation sites (tertiary alicyclic amines) is 1. The highest BCUT2D eigenvalue weighted by Crippen LogP contribution is 2.29. The second-order valence-corrected chi connectivity index (χ2v) is 5.59. The average molecular weight is 331 g/mol. The third-order valence-electron chi connectivity index (χ3n) is 3.93. The molecule has 0 saturated carbocycles. The van der Waals surface area contributed by atoms with Crippen LogP contribution in [0.4, 0.5) is 0 Å². The van der Waals surface area contributed by atoms with Crippen molar-refractivity contribution in [1.29, 1.82) is 0 Å². The molecule has 1 fully saturated rings. The molecule has 2 aromatic rings. The van der Waals surface area contributed by atoms with Crippen molar-refractivity contribution in [3.8, 4) is 11.5 Å². The van der Waals surface area contributed by atoms with E-state index in [1.54, 1.807) is 0 Å². The molecule has 0 bridgehead atoms. The first-order valence-electron chi connectivity index (χ1n) is 8.13. The van der Waals surface area contributed by atoms with Crippen molar-refractivity contribution in [2.75, 3.05) is 19.7 Å². The molecule has 1 amide bonds. The molecule has 8 heteroatoms. The molecule has 0 unspecified atom stereocenters. The molecule has 128 valence electrons. The first kappa shape index (κ1) is 16.2. The summed E-state index contributed by atoms with van der Waals surface area (Å²) in [6.07, 6.45) is 3.12. The maximum absolute atomic E-state index is 12.2. The summed E-state index contributed by atoms with van der Waals surface area (Å²) in [5.41, 5.74) is 0. The van der Waals surface area contributed by atoms with Crippen molar-refractivity contribution < 1.29 is 14.3 Å². The molecule has 3 rings (SSSR count). The van der Waals surface area contributed by atoms with Crippen LogP contribution in [0.1, 0.15) is 19.8 Å². The molecule has 8 nitrogen and oxygen atoms in total. The van der Waals surface area contributed by atoms with Crippen molar-refractivity contribution in [3.05, 3.63) is 30.6 Å². The van der Waals surface area contributed by atoms with Crippen LogP contribution in [0.5, 0.6) is 11.5 Å². The third-order valence-corrected chi connectivity index (χ3v) is 3.93. The predicted molar refractivity (Wildman–Crippen MR) is 85.7 cm³/mol. The van der Waals surface area contributed by atoms with Gasteiger partial charge in [0, 0.05) is 25.9 Å². The van der Waals surface area contributed by atoms with Gasteiger partial charge in [0.1, 0.15) is 19.0 Å². The van der Waals surface area contributed by atoms with Crippen LogP contribution in [0.2, 0.25) is 0 Å². The van der Waals surface area contributed by atoms with Gasteiger partial charge in [-0.05, 0) is 29.5 Å². The van der Waals surface area contributed by atoms with E-state index in [2.05, 4.69) is 15.5 Å². The normalized spacial score (nSPS) is 15.3. The van der Waals surface area contributed by atoms with E-state index in [9.17, 15) is 4.79 Å². The lowest BCUT2D eigenvalue weighted by molar-refractivity contribution is -0.133. The highest BCUT2D eigenvalue weighted by Gasteiger charge is 2.24. The fourth-order valence-electron chi connectivity index (χ4n) is 2.72. The molecule has 0 spiro atoms. The van der Waals surface area contributed by atoms with Gasteiger partial charge in [0.05, 0.1) is 6.61 Å². The van der Waals surface area contributed by atoms with E-state index in [0.29, 0.717) is 19.7 Å². The largest absolute Gasteiger partial charge is 0.490 e. The second kappa shape index (κ2) is 7.76. The van der Waals surface area contributed by atoms with Crippen LogP contribution in [-0.4, -0.2) is 56.8 Å². The summed E-state index contributed by atoms with van der Waals surface area (Å²) in [7, 11) is 0. The third kappa shape index (κ3) is 4.01. The Hall–Kier alpha value is -2.64. The lowest BCUT2D eigenvalue weighted by atomic mass is 10.1. The van der Waals surface area contributed by atoms with Crippen LogP contribution in [0.25, 0.3) is 0 Å². The quantitative estimate of drug-likeness (QED) is 0.789. The summed E-state index contributed by atoms with van der Waals surface area (Å²) in [5.74, 6) is 1.55. The Bertz CT molecular complexity index is 653. The van der Waals surface area contributed by atoms with Crippen LogP contribution in [0, 0.1) is 0 Å². The Labute approximate surface area is 140 Å². The maximum atomic E-state index is 12.2. The predicted octanol–water partition coefficient (Wildman–Crippen LogP) is 1.14. The molecule has 0 N–H and O–H groups in total. The van der Waals surface area contributed by atoms with E-state index in [4.69, 9.17) is 9.47 Å². The number of ether oxygens (including phenoxy) is 2. The molecule has 1 aromatic carbocycles. The molecular weight excluding hydrogens is 310 g/mol. The fourth-order valence-corrected chi connectivity index (χ4v) is 2.72. The number of rotatable bonds is 6. The van der Waals surface area contributed by atoms with Gasteiger partial charge in [-0.15, -0.1) is 5.10 Å². The average Bonchev–Trinajstić information content (AvgIpc) is 3.10. The van der Waals surface area contributed by atoms with Gasteiger partial charge in [0.25, 0.3) is 0 Å². The van der Waals surface area contributed by atoms with E-state index in [-0.39, 0.29) is 18.6 Å². The van der Waals surface area contributed by atoms with Crippen molar-refractivity contribution in [3.63, 3.8) is 0 Å². The van der Waals surface area contributed by atoms with Gasteiger partial charge < -0.3 is 14.4 Å². The number of para-hydroxylation sites is 2. The minimum atomic E-state index is 0.0236. The Morgan fingerprint density at radius 3 is 2.67 bits per heavy atom. The van der Waals surface area contributed by atoms with Gasteiger partial charge in [-0.25, -0.2) is 4.68 Å². The van der Waals surface area contributed by atoms with E-state index < -0.39 is 0 Å². The number of amides is 1. The van der Waals surface area contributed by atoms with E-state index >= 15 is 0 Å². The molecule has 1 aromatic heterocycles. The maximum Gasteiger partial charge on any atom is 0.244 e. The zero-order chi connectivity index (χ0) is 16.8. The van der Waals surface area contributed by atoms with Gasteiger partial charge in [0.15, 0.2) is 11.5 Å². The van der Waals surface area contributed by atoms with E-state index in [0.717, 1.165) is 24.3 Å². The number of benzene rings is 1. The monoisotopic (exact) mass is 331 g/mol. The Kier molecular flexibility index (Phi) is 5.25. The molecular formula is C16H21N5O3. The van der Waals surface area contributed by atoms with Crippen LogP contribution < -0.4 is 9.47 Å². The smallest absolute Gasteiger partial charge is 0.244 e. The van der Waals surface area contributed by atoms with Crippen LogP contribution in [0.3, 0.4) is 0 Å². The summed E-state index contributed by atoms with van der Waals surface area (Å²) in [4.78, 5) is 14.0. The molecule has 2 heterocycles. The topological polar surface area (TPSA) is 82.4 Å². The Balaban J connectivity index is 1.51. The minimum absolute atomic E-state index is 0.0236. The number of carbonyl (C=O) groups excluding carboxylic acids is 1. The molecule has 0 atom stereocenters. The summed E-state index contributed by atoms with van der Waals surface area (Å²) in [5, 5.41) is 10.8. The number of carbonyl (C=O) groups is 1. The van der Waals surface area contributed by atoms with Gasteiger partial charge in [-0.1, -0.05) is 12.1 Å². The highest BCUT2D eigenvalue weighted by atomic mass is 16.5. The number of piperidine rings is 1. The van der Waals surface area contributed by atoms with Crippen molar-refractivity contribution in [2.45, 2.75) is 32.4 Å². The number of aromatic nitrogens is 4. The Morgan fingerprint density at radius 2 is 2.00 bits per heavy atom. The number of hydrogen-bond donors (Lipinski definition) is 0. The molecule has 0 radical (unpaired) electrons. The van der Waals surface area contributed by atoms with Crippen LogP contribution in [-0.2, 0) is 11.3 Å². The first-order chi connectivity index (χ1) is 11.8. The van der Waals surface area contributed by atoms with Crippen LogP contribution in [0.15, 0.2) is 30.6 Å². The lowest BCUT2D eigenvalue weighted by Gasteiger charge is -2.32. The summed E-state index contributed by atoms with van der Waals surface area (Å²) in [6, 6.07) is 7.69. The SMILES string of the molecule is CCOc1ccccc1OC1CCN(C(=O)Cn2cnnn2)CC1. The second-order valence-electron chi connectivity index (χ2n) is 5.59. The molecule has 1 aliphatic heterocycles. The van der Waals surface area contributed by atoms with E-state index in [1.165, 1.54) is 11.0 Å². The summed E-state index contributed by atoms with van der Waals surface area (Å²) >= 11 is 0. The van der Waals surface area contributed by atoms with Crippen LogP contribution >= 0.6 is 0 Å². The van der Waals surface area contributed by atoms with Crippen molar-refractivity contribution in [2.24, 2.45) is 0 Å². The molecule has 1 saturated heterocycles. The van der Waals surface area contributed by atoms with Crippen molar-refractivity contribution in [1.82, 2.24) is 25.1 Å². The Morgan fingerprint density at radius 1 is 1.25 bits per heavy atom. The zero-order valence-electron chi connectivity index (χ0n) is 13.7. The zero-order valence-corrected chi connectivity index (χ0v) is 13.7. The minimum Gasteiger partial charge on any atom is -0.490 e. The number of tetrazole rings is 1. The van der Waals surface area contributed by atoms with Crippen molar-refractivity contribution >= 4 is 5.91 Å². The van der Waals surface area contributed by atoms with Gasteiger partial charge >= 0.3 is 0 Å². The van der Waals surface area contributed by atoms with Gasteiger partial charge in [-0.3, -0.25) is 4.79 Å². The molecule has 0 aliphatic carbocycles. The summed E-state index contributed by atoms with van der Waals surface area (Å²) < 4.78 is 13.1. The standard InChI is InChI=1S/C16H21N5O3/c1-2-23-14-5-3-4-6-15(14)24-13-7-9-20(10-8-13)16(22)11-21-12-17-18-19-21/h3-6,12-13H,2,7-11H2,1H3.